The monoisotopic (exact) mass is 468 g/mol. The van der Waals surface area contributed by atoms with Gasteiger partial charge in [0.2, 0.25) is 11.8 Å². The summed E-state index contributed by atoms with van der Waals surface area (Å²) >= 11 is 12.0. The van der Waals surface area contributed by atoms with Crippen LogP contribution in [0.25, 0.3) is 0 Å². The predicted molar refractivity (Wildman–Crippen MR) is 121 cm³/mol. The van der Waals surface area contributed by atoms with Crippen molar-refractivity contribution in [1.82, 2.24) is 20.4 Å². The zero-order valence-electron chi connectivity index (χ0n) is 18.2. The molecule has 1 aromatic rings. The fraction of sp³-hybridized carbons (Fsp3) is 0.591. The number of rotatable bonds is 7. The molecule has 2 aliphatic rings. The van der Waals surface area contributed by atoms with Crippen LogP contribution in [0.3, 0.4) is 0 Å². The molecule has 1 heterocycles. The van der Waals surface area contributed by atoms with Crippen molar-refractivity contribution < 1.29 is 14.4 Å². The summed E-state index contributed by atoms with van der Waals surface area (Å²) in [5, 5.41) is 6.55. The minimum absolute atomic E-state index is 0.0504. The Labute approximate surface area is 193 Å². The molecule has 31 heavy (non-hydrogen) atoms. The summed E-state index contributed by atoms with van der Waals surface area (Å²) in [5.74, 6) is -0.570. The minimum Gasteiger partial charge on any atom is -0.352 e. The Morgan fingerprint density at radius 3 is 2.23 bits per heavy atom. The van der Waals surface area contributed by atoms with Gasteiger partial charge in [0, 0.05) is 37.2 Å². The smallest absolute Gasteiger partial charge is 0.253 e. The van der Waals surface area contributed by atoms with Crippen molar-refractivity contribution in [1.29, 1.82) is 0 Å². The van der Waals surface area contributed by atoms with Gasteiger partial charge in [-0.15, -0.1) is 0 Å². The van der Waals surface area contributed by atoms with Crippen LogP contribution in [0.1, 0.15) is 44.0 Å². The molecule has 2 unspecified atom stereocenters. The molecule has 0 bridgehead atoms. The molecule has 7 nitrogen and oxygen atoms in total. The molecule has 3 amide bonds. The summed E-state index contributed by atoms with van der Waals surface area (Å²) in [5.41, 5.74) is 0.282. The van der Waals surface area contributed by atoms with Gasteiger partial charge in [0.1, 0.15) is 6.04 Å². The molecule has 0 radical (unpaired) electrons. The van der Waals surface area contributed by atoms with Gasteiger partial charge in [-0.3, -0.25) is 19.3 Å². The zero-order chi connectivity index (χ0) is 22.7. The number of carbonyl (C=O) groups is 3. The normalized spacial score (nSPS) is 19.1. The lowest BCUT2D eigenvalue weighted by atomic mass is 10.0. The van der Waals surface area contributed by atoms with E-state index in [-0.39, 0.29) is 34.4 Å². The fourth-order valence-corrected chi connectivity index (χ4v) is 4.14. The Hall–Kier alpha value is -1.83. The van der Waals surface area contributed by atoms with Gasteiger partial charge in [0.25, 0.3) is 5.91 Å². The van der Waals surface area contributed by atoms with Crippen molar-refractivity contribution in [3.63, 3.8) is 0 Å². The number of hydrogen-bond donors (Lipinski definition) is 2. The topological polar surface area (TPSA) is 81.8 Å². The summed E-state index contributed by atoms with van der Waals surface area (Å²) < 4.78 is 0. The van der Waals surface area contributed by atoms with Gasteiger partial charge in [-0.2, -0.15) is 0 Å². The second kappa shape index (κ2) is 10.2. The van der Waals surface area contributed by atoms with Gasteiger partial charge < -0.3 is 15.5 Å². The van der Waals surface area contributed by atoms with E-state index in [1.165, 1.54) is 6.07 Å². The molecule has 1 aliphatic carbocycles. The lowest BCUT2D eigenvalue weighted by Crippen LogP contribution is -2.59. The lowest BCUT2D eigenvalue weighted by molar-refractivity contribution is -0.137. The van der Waals surface area contributed by atoms with Gasteiger partial charge in [-0.1, -0.05) is 37.0 Å². The molecular weight excluding hydrogens is 439 g/mol. The number of nitrogens with zero attached hydrogens (tertiary/aromatic N) is 2. The molecule has 1 saturated carbocycles. The molecule has 1 aliphatic heterocycles. The van der Waals surface area contributed by atoms with Crippen LogP contribution in [0.2, 0.25) is 10.0 Å². The standard InChI is InChI=1S/C22H30Cl2N4O3/c1-13(2)19(26-21(30)17-7-4-15(23)12-18(17)24)22(31)28-10-8-27(9-11-28)14(3)20(29)25-16-5-6-16/h4,7,12-14,16,19H,5-6,8-11H2,1-3H3,(H,25,29)(H,26,30). The first-order valence-electron chi connectivity index (χ1n) is 10.8. The number of hydrogen-bond acceptors (Lipinski definition) is 4. The average Bonchev–Trinajstić information content (AvgIpc) is 3.54. The number of carbonyl (C=O) groups excluding carboxylic acids is 3. The number of halogens is 2. The van der Waals surface area contributed by atoms with Gasteiger partial charge in [-0.25, -0.2) is 0 Å². The van der Waals surface area contributed by atoms with Gasteiger partial charge in [0.15, 0.2) is 0 Å². The van der Waals surface area contributed by atoms with E-state index < -0.39 is 11.9 Å². The van der Waals surface area contributed by atoms with Crippen molar-refractivity contribution in [2.75, 3.05) is 26.2 Å². The Bertz CT molecular complexity index is 836. The largest absolute Gasteiger partial charge is 0.352 e. The Morgan fingerprint density at radius 1 is 1.03 bits per heavy atom. The third-order valence-electron chi connectivity index (χ3n) is 5.87. The van der Waals surface area contributed by atoms with Crippen LogP contribution >= 0.6 is 23.2 Å². The second-order valence-electron chi connectivity index (χ2n) is 8.64. The lowest BCUT2D eigenvalue weighted by Gasteiger charge is -2.39. The maximum atomic E-state index is 13.2. The van der Waals surface area contributed by atoms with Crippen LogP contribution < -0.4 is 10.6 Å². The highest BCUT2D eigenvalue weighted by molar-refractivity contribution is 6.36. The quantitative estimate of drug-likeness (QED) is 0.643. The van der Waals surface area contributed by atoms with Crippen LogP contribution in [-0.4, -0.2) is 71.8 Å². The van der Waals surface area contributed by atoms with Crippen molar-refractivity contribution >= 4 is 40.9 Å². The van der Waals surface area contributed by atoms with Crippen LogP contribution in [-0.2, 0) is 9.59 Å². The molecule has 1 saturated heterocycles. The van der Waals surface area contributed by atoms with Crippen LogP contribution in [0.5, 0.6) is 0 Å². The molecule has 170 valence electrons. The first-order chi connectivity index (χ1) is 14.7. The molecule has 2 N–H and O–H groups in total. The summed E-state index contributed by atoms with van der Waals surface area (Å²) in [6.45, 7) is 7.96. The highest BCUT2D eigenvalue weighted by atomic mass is 35.5. The Kier molecular flexibility index (Phi) is 7.83. The first-order valence-corrected chi connectivity index (χ1v) is 11.5. The Balaban J connectivity index is 1.57. The van der Waals surface area contributed by atoms with E-state index in [0.717, 1.165) is 12.8 Å². The number of amides is 3. The SMILES string of the molecule is CC(C)C(NC(=O)c1ccc(Cl)cc1Cl)C(=O)N1CCN(C(C)C(=O)NC2CC2)CC1. The van der Waals surface area contributed by atoms with Crippen LogP contribution in [0, 0.1) is 5.92 Å². The molecule has 0 aromatic heterocycles. The van der Waals surface area contributed by atoms with Crippen LogP contribution in [0.4, 0.5) is 0 Å². The van der Waals surface area contributed by atoms with E-state index in [2.05, 4.69) is 15.5 Å². The summed E-state index contributed by atoms with van der Waals surface area (Å²) in [6.07, 6.45) is 2.12. The second-order valence-corrected chi connectivity index (χ2v) is 9.48. The van der Waals surface area contributed by atoms with Gasteiger partial charge in [-0.05, 0) is 43.9 Å². The maximum absolute atomic E-state index is 13.2. The highest BCUT2D eigenvalue weighted by Crippen LogP contribution is 2.22. The number of piperazine rings is 1. The maximum Gasteiger partial charge on any atom is 0.253 e. The molecule has 1 aromatic carbocycles. The zero-order valence-corrected chi connectivity index (χ0v) is 19.7. The summed E-state index contributed by atoms with van der Waals surface area (Å²) in [4.78, 5) is 42.1. The Morgan fingerprint density at radius 2 is 1.68 bits per heavy atom. The summed E-state index contributed by atoms with van der Waals surface area (Å²) in [6, 6.07) is 4.10. The van der Waals surface area contributed by atoms with E-state index in [0.29, 0.717) is 37.2 Å². The highest BCUT2D eigenvalue weighted by Gasteiger charge is 2.34. The molecule has 2 fully saturated rings. The van der Waals surface area contributed by atoms with E-state index >= 15 is 0 Å². The number of nitrogens with one attached hydrogen (secondary N) is 2. The van der Waals surface area contributed by atoms with Crippen molar-refractivity contribution in [2.45, 2.75) is 51.7 Å². The predicted octanol–water partition coefficient (Wildman–Crippen LogP) is 2.56. The van der Waals surface area contributed by atoms with E-state index in [1.54, 1.807) is 17.0 Å². The van der Waals surface area contributed by atoms with Gasteiger partial charge in [0.05, 0.1) is 16.6 Å². The van der Waals surface area contributed by atoms with E-state index in [1.807, 2.05) is 20.8 Å². The molecule has 3 rings (SSSR count). The van der Waals surface area contributed by atoms with Crippen molar-refractivity contribution in [3.05, 3.63) is 33.8 Å². The average molecular weight is 469 g/mol. The van der Waals surface area contributed by atoms with E-state index in [4.69, 9.17) is 23.2 Å². The first kappa shape index (κ1) is 23.8. The minimum atomic E-state index is -0.665. The number of benzene rings is 1. The molecule has 2 atom stereocenters. The van der Waals surface area contributed by atoms with Crippen molar-refractivity contribution in [3.8, 4) is 0 Å². The third-order valence-corrected chi connectivity index (χ3v) is 6.42. The molecular formula is C22H30Cl2N4O3. The fourth-order valence-electron chi connectivity index (χ4n) is 3.65. The summed E-state index contributed by atoms with van der Waals surface area (Å²) in [7, 11) is 0. The van der Waals surface area contributed by atoms with E-state index in [9.17, 15) is 14.4 Å². The molecule has 0 spiro atoms. The van der Waals surface area contributed by atoms with Gasteiger partial charge >= 0.3 is 0 Å². The third kappa shape index (κ3) is 6.11. The van der Waals surface area contributed by atoms with Crippen LogP contribution in [0.15, 0.2) is 18.2 Å². The molecule has 9 heteroatoms. The van der Waals surface area contributed by atoms with Crippen molar-refractivity contribution in [2.24, 2.45) is 5.92 Å².